The Hall–Kier alpha value is -1.28. The van der Waals surface area contributed by atoms with Crippen LogP contribution in [0.25, 0.3) is 0 Å². The van der Waals surface area contributed by atoms with Gasteiger partial charge in [0.25, 0.3) is 0 Å². The highest BCUT2D eigenvalue weighted by Crippen LogP contribution is 2.08. The van der Waals surface area contributed by atoms with Crippen molar-refractivity contribution in [3.05, 3.63) is 49.2 Å². The molecule has 0 aliphatic heterocycles. The largest absolute Gasteiger partial charge is 0.385 e. The van der Waals surface area contributed by atoms with Gasteiger partial charge in [0.15, 0.2) is 0 Å². The van der Waals surface area contributed by atoms with E-state index in [0.717, 1.165) is 12.2 Å². The van der Waals surface area contributed by atoms with Crippen molar-refractivity contribution >= 4 is 0 Å². The molecule has 0 aliphatic carbocycles. The predicted molar refractivity (Wildman–Crippen MR) is 95.7 cm³/mol. The van der Waals surface area contributed by atoms with E-state index >= 15 is 0 Å². The van der Waals surface area contributed by atoms with E-state index in [-0.39, 0.29) is 0 Å². The van der Waals surface area contributed by atoms with E-state index in [1.165, 1.54) is 0 Å². The van der Waals surface area contributed by atoms with Gasteiger partial charge < -0.3 is 11.1 Å². The zero-order valence-corrected chi connectivity index (χ0v) is 14.4. The molecule has 0 radical (unpaired) electrons. The Bertz CT molecular complexity index is 263. The molecule has 1 atom stereocenters. The molecule has 2 heteroatoms. The van der Waals surface area contributed by atoms with E-state index < -0.39 is 0 Å². The number of hydrogen-bond acceptors (Lipinski definition) is 2. The zero-order valence-electron chi connectivity index (χ0n) is 14.4. The predicted octanol–water partition coefficient (Wildman–Crippen LogP) is 4.67. The van der Waals surface area contributed by atoms with Gasteiger partial charge in [0.2, 0.25) is 0 Å². The number of hydrogen-bond donors (Lipinski definition) is 2. The Labute approximate surface area is 127 Å². The molecule has 1 unspecified atom stereocenters. The molecule has 0 rings (SSSR count). The molecule has 2 nitrogen and oxygen atoms in total. The Kier molecular flexibility index (Phi) is 23.8. The van der Waals surface area contributed by atoms with Crippen LogP contribution in [0.2, 0.25) is 0 Å². The van der Waals surface area contributed by atoms with Gasteiger partial charge in [-0.05, 0) is 30.5 Å². The molecule has 0 aromatic rings. The average molecular weight is 280 g/mol. The lowest BCUT2D eigenvalue weighted by molar-refractivity contribution is 0.384. The SMILES string of the molecule is C=C/C=C\C(=C/C=C)NCC(CN)C(C)C.CC.CC. The first-order valence-electron chi connectivity index (χ1n) is 7.71. The lowest BCUT2D eigenvalue weighted by Gasteiger charge is -2.20. The summed E-state index contributed by atoms with van der Waals surface area (Å²) in [5.74, 6) is 1.08. The maximum Gasteiger partial charge on any atom is 0.0340 e. The van der Waals surface area contributed by atoms with Gasteiger partial charge in [-0.1, -0.05) is 72.9 Å². The fourth-order valence-corrected chi connectivity index (χ4v) is 1.31. The van der Waals surface area contributed by atoms with Crippen molar-refractivity contribution in [2.45, 2.75) is 41.5 Å². The van der Waals surface area contributed by atoms with Gasteiger partial charge in [-0.2, -0.15) is 0 Å². The molecule has 0 spiro atoms. The third-order valence-electron chi connectivity index (χ3n) is 2.52. The maximum absolute atomic E-state index is 5.72. The molecular weight excluding hydrogens is 244 g/mol. The van der Waals surface area contributed by atoms with Crippen molar-refractivity contribution in [2.24, 2.45) is 17.6 Å². The first-order valence-corrected chi connectivity index (χ1v) is 7.71. The van der Waals surface area contributed by atoms with Gasteiger partial charge >= 0.3 is 0 Å². The van der Waals surface area contributed by atoms with Crippen LogP contribution < -0.4 is 11.1 Å². The molecule has 3 N–H and O–H groups in total. The molecule has 118 valence electrons. The fraction of sp³-hybridized carbons (Fsp3) is 0.556. The van der Waals surface area contributed by atoms with Crippen LogP contribution in [0.1, 0.15) is 41.5 Å². The van der Waals surface area contributed by atoms with Crippen LogP contribution in [0, 0.1) is 11.8 Å². The Morgan fingerprint density at radius 1 is 1.10 bits per heavy atom. The maximum atomic E-state index is 5.72. The van der Waals surface area contributed by atoms with E-state index in [4.69, 9.17) is 5.73 Å². The van der Waals surface area contributed by atoms with Gasteiger partial charge in [0, 0.05) is 12.2 Å². The van der Waals surface area contributed by atoms with Gasteiger partial charge in [0.05, 0.1) is 0 Å². The molecule has 0 aliphatic rings. The molecule has 0 heterocycles. The van der Waals surface area contributed by atoms with Crippen molar-refractivity contribution in [3.8, 4) is 0 Å². The van der Waals surface area contributed by atoms with Crippen molar-refractivity contribution in [1.82, 2.24) is 5.32 Å². The minimum absolute atomic E-state index is 0.491. The van der Waals surface area contributed by atoms with E-state index in [2.05, 4.69) is 32.3 Å². The van der Waals surface area contributed by atoms with Crippen LogP contribution in [0.5, 0.6) is 0 Å². The summed E-state index contributed by atoms with van der Waals surface area (Å²) in [5, 5.41) is 3.36. The summed E-state index contributed by atoms with van der Waals surface area (Å²) >= 11 is 0. The lowest BCUT2D eigenvalue weighted by atomic mass is 9.96. The van der Waals surface area contributed by atoms with Crippen LogP contribution in [0.4, 0.5) is 0 Å². The molecule has 0 fully saturated rings. The number of rotatable bonds is 8. The molecule has 0 aromatic heterocycles. The second kappa shape index (κ2) is 20.0. The Balaban J connectivity index is -0.000000656. The number of allylic oxidation sites excluding steroid dienone is 5. The lowest BCUT2D eigenvalue weighted by Crippen LogP contribution is -2.31. The standard InChI is InChI=1S/C14H24N2.2C2H6/c1-5-7-9-14(8-6-2)16-11-13(10-15)12(3)4;2*1-2/h5-9,12-13,16H,1-2,10-11,15H2,3-4H3;2*1-2H3/b9-7-,14-8+;;. The second-order valence-corrected chi connectivity index (χ2v) is 4.07. The van der Waals surface area contributed by atoms with Crippen molar-refractivity contribution in [1.29, 1.82) is 0 Å². The highest BCUT2D eigenvalue weighted by Gasteiger charge is 2.10. The summed E-state index contributed by atoms with van der Waals surface area (Å²) < 4.78 is 0. The summed E-state index contributed by atoms with van der Waals surface area (Å²) in [6.45, 7) is 21.3. The average Bonchev–Trinajstić information content (AvgIpc) is 2.49. The van der Waals surface area contributed by atoms with E-state index in [1.807, 2.05) is 45.9 Å². The van der Waals surface area contributed by atoms with Crippen LogP contribution >= 0.6 is 0 Å². The smallest absolute Gasteiger partial charge is 0.0340 e. The quantitative estimate of drug-likeness (QED) is 0.634. The van der Waals surface area contributed by atoms with Crippen molar-refractivity contribution in [2.75, 3.05) is 13.1 Å². The van der Waals surface area contributed by atoms with Crippen molar-refractivity contribution in [3.63, 3.8) is 0 Å². The molecular formula is C18H36N2. The van der Waals surface area contributed by atoms with Gasteiger partial charge in [-0.3, -0.25) is 0 Å². The number of nitrogens with one attached hydrogen (secondary N) is 1. The highest BCUT2D eigenvalue weighted by atomic mass is 14.9. The van der Waals surface area contributed by atoms with Gasteiger partial charge in [-0.25, -0.2) is 0 Å². The summed E-state index contributed by atoms with van der Waals surface area (Å²) in [4.78, 5) is 0. The molecule has 0 saturated heterocycles. The van der Waals surface area contributed by atoms with Crippen molar-refractivity contribution < 1.29 is 0 Å². The normalized spacial score (nSPS) is 11.9. The number of nitrogens with two attached hydrogens (primary N) is 1. The zero-order chi connectivity index (χ0) is 16.4. The summed E-state index contributed by atoms with van der Waals surface area (Å²) in [5.41, 5.74) is 6.76. The van der Waals surface area contributed by atoms with Gasteiger partial charge in [0.1, 0.15) is 0 Å². The molecule has 0 aromatic carbocycles. The molecule has 0 saturated carbocycles. The summed E-state index contributed by atoms with van der Waals surface area (Å²) in [6, 6.07) is 0. The first kappa shape index (κ1) is 23.8. The minimum Gasteiger partial charge on any atom is -0.385 e. The van der Waals surface area contributed by atoms with Crippen LogP contribution in [0.15, 0.2) is 49.2 Å². The Morgan fingerprint density at radius 2 is 1.65 bits per heavy atom. The van der Waals surface area contributed by atoms with E-state index in [1.54, 1.807) is 12.2 Å². The van der Waals surface area contributed by atoms with E-state index in [0.29, 0.717) is 18.4 Å². The Morgan fingerprint density at radius 3 is 2.00 bits per heavy atom. The monoisotopic (exact) mass is 280 g/mol. The summed E-state index contributed by atoms with van der Waals surface area (Å²) in [6.07, 6.45) is 9.33. The van der Waals surface area contributed by atoms with Crippen LogP contribution in [-0.2, 0) is 0 Å². The molecule has 20 heavy (non-hydrogen) atoms. The van der Waals surface area contributed by atoms with Crippen LogP contribution in [-0.4, -0.2) is 13.1 Å². The summed E-state index contributed by atoms with van der Waals surface area (Å²) in [7, 11) is 0. The van der Waals surface area contributed by atoms with Crippen LogP contribution in [0.3, 0.4) is 0 Å². The highest BCUT2D eigenvalue weighted by molar-refractivity contribution is 5.23. The third-order valence-corrected chi connectivity index (χ3v) is 2.52. The topological polar surface area (TPSA) is 38.0 Å². The van der Waals surface area contributed by atoms with E-state index in [9.17, 15) is 0 Å². The third kappa shape index (κ3) is 14.8. The fourth-order valence-electron chi connectivity index (χ4n) is 1.31. The molecule has 0 amide bonds. The first-order chi connectivity index (χ1) is 9.65. The second-order valence-electron chi connectivity index (χ2n) is 4.07. The molecule has 0 bridgehead atoms. The minimum atomic E-state index is 0.491. The van der Waals surface area contributed by atoms with Gasteiger partial charge in [-0.15, -0.1) is 0 Å².